The van der Waals surface area contributed by atoms with Crippen LogP contribution in [0.3, 0.4) is 0 Å². The summed E-state index contributed by atoms with van der Waals surface area (Å²) in [5.74, 6) is -0.347. The summed E-state index contributed by atoms with van der Waals surface area (Å²) in [5.41, 5.74) is -0.0328. The maximum atomic E-state index is 13.1. The van der Waals surface area contributed by atoms with Gasteiger partial charge in [0.25, 0.3) is 0 Å². The summed E-state index contributed by atoms with van der Waals surface area (Å²) in [7, 11) is -4.85. The molecule has 0 saturated carbocycles. The Balaban J connectivity index is 1.93. The molecule has 116 valence electrons. The van der Waals surface area contributed by atoms with Gasteiger partial charge in [0.1, 0.15) is 4.90 Å². The van der Waals surface area contributed by atoms with Crippen molar-refractivity contribution in [2.75, 3.05) is 11.9 Å². The van der Waals surface area contributed by atoms with Crippen molar-refractivity contribution in [1.29, 1.82) is 0 Å². The molecule has 21 heavy (non-hydrogen) atoms. The molecule has 0 radical (unpaired) electrons. The number of carbonyl (C=O) groups excluding carboxylic acids is 1. The summed E-state index contributed by atoms with van der Waals surface area (Å²) in [6.07, 6.45) is 3.94. The summed E-state index contributed by atoms with van der Waals surface area (Å²) in [5, 5.41) is 2.44. The maximum absolute atomic E-state index is 13.1. The van der Waals surface area contributed by atoms with E-state index in [0.717, 1.165) is 31.9 Å². The fourth-order valence-electron chi connectivity index (χ4n) is 2.32. The molecule has 1 heterocycles. The van der Waals surface area contributed by atoms with E-state index in [1.165, 1.54) is 18.2 Å². The standard InChI is InChI=1S/C14H18FNO4S/c15-21(18,19)13-7-2-1-6-12(13)16-14(17)9-8-11-5-3-4-10-20-11/h1-2,6-7,11H,3-5,8-10H2,(H,16,17). The highest BCUT2D eigenvalue weighted by atomic mass is 32.3. The van der Waals surface area contributed by atoms with Crippen LogP contribution < -0.4 is 5.32 Å². The van der Waals surface area contributed by atoms with Gasteiger partial charge in [0.2, 0.25) is 5.91 Å². The van der Waals surface area contributed by atoms with Crippen molar-refractivity contribution in [3.05, 3.63) is 24.3 Å². The van der Waals surface area contributed by atoms with Crippen molar-refractivity contribution in [3.8, 4) is 0 Å². The molecule has 0 bridgehead atoms. The maximum Gasteiger partial charge on any atom is 0.334 e. The predicted molar refractivity (Wildman–Crippen MR) is 76.2 cm³/mol. The van der Waals surface area contributed by atoms with Gasteiger partial charge in [-0.1, -0.05) is 12.1 Å². The van der Waals surface area contributed by atoms with Crippen molar-refractivity contribution in [2.24, 2.45) is 0 Å². The number of benzene rings is 1. The summed E-state index contributed by atoms with van der Waals surface area (Å²) in [6, 6.07) is 5.42. The number of carbonyl (C=O) groups is 1. The number of hydrogen-bond donors (Lipinski definition) is 1. The zero-order chi connectivity index (χ0) is 15.3. The zero-order valence-electron chi connectivity index (χ0n) is 11.5. The molecule has 0 spiro atoms. The Morgan fingerprint density at radius 1 is 1.33 bits per heavy atom. The van der Waals surface area contributed by atoms with E-state index in [1.807, 2.05) is 0 Å². The molecule has 1 aliphatic rings. The van der Waals surface area contributed by atoms with Gasteiger partial charge in [-0.15, -0.1) is 3.89 Å². The first-order valence-corrected chi connectivity index (χ1v) is 8.30. The molecule has 1 aromatic rings. The monoisotopic (exact) mass is 315 g/mol. The Bertz CT molecular complexity index is 597. The third-order valence-electron chi connectivity index (χ3n) is 3.39. The molecule has 0 aromatic heterocycles. The third-order valence-corrected chi connectivity index (χ3v) is 4.27. The van der Waals surface area contributed by atoms with E-state index in [9.17, 15) is 17.1 Å². The van der Waals surface area contributed by atoms with E-state index in [0.29, 0.717) is 6.42 Å². The van der Waals surface area contributed by atoms with Gasteiger partial charge in [-0.05, 0) is 37.8 Å². The molecule has 1 N–H and O–H groups in total. The van der Waals surface area contributed by atoms with Gasteiger partial charge in [0.15, 0.2) is 0 Å². The fraction of sp³-hybridized carbons (Fsp3) is 0.500. The third kappa shape index (κ3) is 4.78. The van der Waals surface area contributed by atoms with E-state index >= 15 is 0 Å². The molecule has 1 atom stereocenters. The normalized spacial score (nSPS) is 19.2. The number of nitrogens with one attached hydrogen (secondary N) is 1. The summed E-state index contributed by atoms with van der Waals surface area (Å²) < 4.78 is 40.6. The van der Waals surface area contributed by atoms with Crippen LogP contribution in [0.5, 0.6) is 0 Å². The SMILES string of the molecule is O=C(CCC1CCCCO1)Nc1ccccc1S(=O)(=O)F. The molecule has 1 aliphatic heterocycles. The van der Waals surface area contributed by atoms with Crippen LogP contribution in [0.25, 0.3) is 0 Å². The molecular formula is C14H18FNO4S. The Morgan fingerprint density at radius 2 is 2.10 bits per heavy atom. The molecule has 1 unspecified atom stereocenters. The van der Waals surface area contributed by atoms with Crippen molar-refractivity contribution in [2.45, 2.75) is 43.1 Å². The Morgan fingerprint density at radius 3 is 2.76 bits per heavy atom. The van der Waals surface area contributed by atoms with Gasteiger partial charge in [0, 0.05) is 13.0 Å². The average Bonchev–Trinajstić information content (AvgIpc) is 2.46. The van der Waals surface area contributed by atoms with Crippen molar-refractivity contribution in [3.63, 3.8) is 0 Å². The van der Waals surface area contributed by atoms with Gasteiger partial charge in [-0.2, -0.15) is 8.42 Å². The van der Waals surface area contributed by atoms with Crippen LogP contribution >= 0.6 is 0 Å². The summed E-state index contributed by atoms with van der Waals surface area (Å²) >= 11 is 0. The Labute approximate surface area is 123 Å². The topological polar surface area (TPSA) is 72.5 Å². The largest absolute Gasteiger partial charge is 0.378 e. The van der Waals surface area contributed by atoms with Crippen molar-refractivity contribution < 1.29 is 21.8 Å². The second-order valence-corrected chi connectivity index (χ2v) is 6.32. The van der Waals surface area contributed by atoms with Gasteiger partial charge in [0.05, 0.1) is 11.8 Å². The van der Waals surface area contributed by atoms with Crippen molar-refractivity contribution >= 4 is 21.8 Å². The molecule has 1 saturated heterocycles. The van der Waals surface area contributed by atoms with Gasteiger partial charge in [-0.3, -0.25) is 4.79 Å². The zero-order valence-corrected chi connectivity index (χ0v) is 12.4. The molecule has 1 amide bonds. The number of ether oxygens (including phenoxy) is 1. The summed E-state index contributed by atoms with van der Waals surface area (Å²) in [4.78, 5) is 11.3. The van der Waals surface area contributed by atoms with Crippen LogP contribution in [0.1, 0.15) is 32.1 Å². The molecule has 5 nitrogen and oxygen atoms in total. The van der Waals surface area contributed by atoms with Gasteiger partial charge >= 0.3 is 10.2 Å². The Hall–Kier alpha value is -1.47. The second-order valence-electron chi connectivity index (χ2n) is 5.01. The number of anilines is 1. The minimum Gasteiger partial charge on any atom is -0.378 e. The van der Waals surface area contributed by atoms with Gasteiger partial charge in [-0.25, -0.2) is 0 Å². The highest BCUT2D eigenvalue weighted by Crippen LogP contribution is 2.23. The fourth-order valence-corrected chi connectivity index (χ4v) is 2.95. The lowest BCUT2D eigenvalue weighted by Crippen LogP contribution is -2.22. The minimum atomic E-state index is -4.85. The van der Waals surface area contributed by atoms with E-state index in [1.54, 1.807) is 0 Å². The smallest absolute Gasteiger partial charge is 0.334 e. The quantitative estimate of drug-likeness (QED) is 0.848. The first kappa shape index (κ1) is 15.9. The van der Waals surface area contributed by atoms with Crippen LogP contribution in [0.15, 0.2) is 29.2 Å². The highest BCUT2D eigenvalue weighted by Gasteiger charge is 2.19. The van der Waals surface area contributed by atoms with Crippen LogP contribution in [-0.4, -0.2) is 27.0 Å². The first-order valence-electron chi connectivity index (χ1n) is 6.92. The molecule has 7 heteroatoms. The number of para-hydroxylation sites is 1. The number of halogens is 1. The number of rotatable bonds is 5. The van der Waals surface area contributed by atoms with E-state index in [4.69, 9.17) is 4.74 Å². The lowest BCUT2D eigenvalue weighted by Gasteiger charge is -2.22. The van der Waals surface area contributed by atoms with Crippen LogP contribution in [0.4, 0.5) is 9.57 Å². The molecule has 2 rings (SSSR count). The van der Waals surface area contributed by atoms with Crippen LogP contribution in [0.2, 0.25) is 0 Å². The number of amides is 1. The lowest BCUT2D eigenvalue weighted by molar-refractivity contribution is -0.117. The molecule has 1 fully saturated rings. The highest BCUT2D eigenvalue weighted by molar-refractivity contribution is 7.86. The average molecular weight is 315 g/mol. The van der Waals surface area contributed by atoms with Crippen LogP contribution in [0, 0.1) is 0 Å². The van der Waals surface area contributed by atoms with E-state index in [-0.39, 0.29) is 24.1 Å². The first-order chi connectivity index (χ1) is 9.97. The van der Waals surface area contributed by atoms with E-state index in [2.05, 4.69) is 5.32 Å². The van der Waals surface area contributed by atoms with Gasteiger partial charge < -0.3 is 10.1 Å². The summed E-state index contributed by atoms with van der Waals surface area (Å²) in [6.45, 7) is 0.717. The van der Waals surface area contributed by atoms with E-state index < -0.39 is 15.1 Å². The molecule has 1 aromatic carbocycles. The number of hydrogen-bond acceptors (Lipinski definition) is 4. The van der Waals surface area contributed by atoms with Crippen molar-refractivity contribution in [1.82, 2.24) is 0 Å². The molecular weight excluding hydrogens is 297 g/mol. The molecule has 0 aliphatic carbocycles. The second kappa shape index (κ2) is 7.00. The predicted octanol–water partition coefficient (Wildman–Crippen LogP) is 2.63. The van der Waals surface area contributed by atoms with Crippen LogP contribution in [-0.2, 0) is 19.8 Å². The minimum absolute atomic E-state index is 0.0328. The lowest BCUT2D eigenvalue weighted by atomic mass is 10.0. The Kier molecular flexibility index (Phi) is 5.30.